The summed E-state index contributed by atoms with van der Waals surface area (Å²) in [6.45, 7) is 2.06. The predicted octanol–water partition coefficient (Wildman–Crippen LogP) is 2.90. The van der Waals surface area contributed by atoms with Crippen molar-refractivity contribution in [2.24, 2.45) is 0 Å². The van der Waals surface area contributed by atoms with Gasteiger partial charge in [-0.15, -0.1) is 6.42 Å². The van der Waals surface area contributed by atoms with Gasteiger partial charge in [0, 0.05) is 35.8 Å². The third kappa shape index (κ3) is 4.18. The molecule has 1 amide bonds. The lowest BCUT2D eigenvalue weighted by molar-refractivity contribution is -0.134. The summed E-state index contributed by atoms with van der Waals surface area (Å²) in [6, 6.07) is 10.3. The first kappa shape index (κ1) is 18.8. The van der Waals surface area contributed by atoms with Gasteiger partial charge in [0.05, 0.1) is 25.2 Å². The molecule has 2 heterocycles. The van der Waals surface area contributed by atoms with Gasteiger partial charge >= 0.3 is 0 Å². The molecule has 2 aromatic carbocycles. The van der Waals surface area contributed by atoms with E-state index in [0.717, 1.165) is 11.3 Å². The minimum absolute atomic E-state index is 0.0251. The van der Waals surface area contributed by atoms with Crippen LogP contribution in [0, 0.1) is 18.2 Å². The van der Waals surface area contributed by atoms with Crippen molar-refractivity contribution in [3.05, 3.63) is 59.7 Å². The first-order valence-electron chi connectivity index (χ1n) is 9.26. The molecule has 0 saturated carbocycles. The fourth-order valence-corrected chi connectivity index (χ4v) is 3.27. The summed E-state index contributed by atoms with van der Waals surface area (Å²) >= 11 is 0. The molecule has 1 fully saturated rings. The molecule has 0 radical (unpaired) electrons. The summed E-state index contributed by atoms with van der Waals surface area (Å²) in [7, 11) is 0. The summed E-state index contributed by atoms with van der Waals surface area (Å²) in [6.07, 6.45) is 6.80. The Kier molecular flexibility index (Phi) is 5.36. The second-order valence-electron chi connectivity index (χ2n) is 6.70. The highest BCUT2D eigenvalue weighted by atomic mass is 19.1. The minimum Gasteiger partial charge on any atom is -0.378 e. The molecule has 1 saturated heterocycles. The number of nitrogens with zero attached hydrogens (tertiary/aromatic N) is 3. The number of hydrogen-bond donors (Lipinski definition) is 1. The van der Waals surface area contributed by atoms with Gasteiger partial charge in [0.1, 0.15) is 18.0 Å². The maximum atomic E-state index is 14.6. The number of ether oxygens (including phenoxy) is 1. The Balaban J connectivity index is 1.65. The van der Waals surface area contributed by atoms with Crippen LogP contribution in [0.5, 0.6) is 0 Å². The summed E-state index contributed by atoms with van der Waals surface area (Å²) in [5, 5.41) is 3.83. The van der Waals surface area contributed by atoms with Crippen molar-refractivity contribution < 1.29 is 13.9 Å². The van der Waals surface area contributed by atoms with Crippen LogP contribution in [-0.2, 0) is 16.0 Å². The van der Waals surface area contributed by atoms with E-state index in [9.17, 15) is 9.18 Å². The van der Waals surface area contributed by atoms with Crippen LogP contribution in [0.15, 0.2) is 42.7 Å². The zero-order valence-corrected chi connectivity index (χ0v) is 15.7. The zero-order valence-electron chi connectivity index (χ0n) is 15.7. The molecule has 0 bridgehead atoms. The Morgan fingerprint density at radius 3 is 2.86 bits per heavy atom. The number of halogens is 1. The maximum absolute atomic E-state index is 14.6. The first-order chi connectivity index (χ1) is 14.1. The SMILES string of the molecule is C#Cc1cccc(Nc2ncnc3cc(F)c(CC(=O)N4CCOCC4)cc23)c1. The standard InChI is InChI=1S/C22H19FN4O2/c1-2-15-4-3-5-17(10-15)26-22-18-11-16(19(23)13-20(18)24-14-25-22)12-21(28)27-6-8-29-9-7-27/h1,3-5,10-11,13-14H,6-9,12H2,(H,24,25,26). The zero-order chi connectivity index (χ0) is 20.2. The monoisotopic (exact) mass is 390 g/mol. The van der Waals surface area contributed by atoms with Gasteiger partial charge in [-0.3, -0.25) is 4.79 Å². The molecule has 4 rings (SSSR count). The van der Waals surface area contributed by atoms with Gasteiger partial charge in [-0.1, -0.05) is 12.0 Å². The van der Waals surface area contributed by atoms with Crippen molar-refractivity contribution in [1.29, 1.82) is 0 Å². The molecule has 1 N–H and O–H groups in total. The number of terminal acetylenes is 1. The highest BCUT2D eigenvalue weighted by Gasteiger charge is 2.19. The Hall–Kier alpha value is -3.50. The lowest BCUT2D eigenvalue weighted by atomic mass is 10.1. The third-order valence-corrected chi connectivity index (χ3v) is 4.80. The van der Waals surface area contributed by atoms with Gasteiger partial charge < -0.3 is 15.0 Å². The highest BCUT2D eigenvalue weighted by molar-refractivity contribution is 5.92. The van der Waals surface area contributed by atoms with Gasteiger partial charge in [-0.25, -0.2) is 14.4 Å². The van der Waals surface area contributed by atoms with Crippen LogP contribution >= 0.6 is 0 Å². The molecule has 0 spiro atoms. The van der Waals surface area contributed by atoms with E-state index in [1.54, 1.807) is 11.0 Å². The molecular formula is C22H19FN4O2. The molecule has 1 aromatic heterocycles. The van der Waals surface area contributed by atoms with E-state index >= 15 is 0 Å². The lowest BCUT2D eigenvalue weighted by Crippen LogP contribution is -2.41. The smallest absolute Gasteiger partial charge is 0.227 e. The molecular weight excluding hydrogens is 371 g/mol. The number of carbonyl (C=O) groups excluding carboxylic acids is 1. The van der Waals surface area contributed by atoms with Crippen molar-refractivity contribution in [3.8, 4) is 12.3 Å². The van der Waals surface area contributed by atoms with E-state index in [0.29, 0.717) is 48.6 Å². The van der Waals surface area contributed by atoms with Crippen LogP contribution in [0.1, 0.15) is 11.1 Å². The molecule has 146 valence electrons. The quantitative estimate of drug-likeness (QED) is 0.694. The molecule has 0 atom stereocenters. The van der Waals surface area contributed by atoms with E-state index in [4.69, 9.17) is 11.2 Å². The normalized spacial score (nSPS) is 13.9. The van der Waals surface area contributed by atoms with Crippen LogP contribution in [0.25, 0.3) is 10.9 Å². The van der Waals surface area contributed by atoms with Crippen LogP contribution in [0.4, 0.5) is 15.9 Å². The first-order valence-corrected chi connectivity index (χ1v) is 9.26. The number of aromatic nitrogens is 2. The fourth-order valence-electron chi connectivity index (χ4n) is 3.27. The number of nitrogens with one attached hydrogen (secondary N) is 1. The van der Waals surface area contributed by atoms with Crippen LogP contribution in [0.2, 0.25) is 0 Å². The highest BCUT2D eigenvalue weighted by Crippen LogP contribution is 2.26. The molecule has 0 unspecified atom stereocenters. The fraction of sp³-hybridized carbons (Fsp3) is 0.227. The van der Waals surface area contributed by atoms with Crippen molar-refractivity contribution in [3.63, 3.8) is 0 Å². The van der Waals surface area contributed by atoms with Gasteiger partial charge in [0.15, 0.2) is 0 Å². The van der Waals surface area contributed by atoms with Gasteiger partial charge in [0.25, 0.3) is 0 Å². The van der Waals surface area contributed by atoms with Crippen molar-refractivity contribution in [2.45, 2.75) is 6.42 Å². The molecule has 7 heteroatoms. The van der Waals surface area contributed by atoms with Gasteiger partial charge in [-0.05, 0) is 29.8 Å². The Morgan fingerprint density at radius 1 is 1.24 bits per heavy atom. The summed E-state index contributed by atoms with van der Waals surface area (Å²) < 4.78 is 19.9. The maximum Gasteiger partial charge on any atom is 0.227 e. The van der Waals surface area contributed by atoms with Gasteiger partial charge in [0.2, 0.25) is 5.91 Å². The minimum atomic E-state index is -0.460. The number of hydrogen-bond acceptors (Lipinski definition) is 5. The van der Waals surface area contributed by atoms with Crippen LogP contribution in [0.3, 0.4) is 0 Å². The summed E-state index contributed by atoms with van der Waals surface area (Å²) in [5.74, 6) is 2.52. The molecule has 29 heavy (non-hydrogen) atoms. The number of carbonyl (C=O) groups is 1. The number of benzene rings is 2. The average molecular weight is 390 g/mol. The number of fused-ring (bicyclic) bond motifs is 1. The molecule has 6 nitrogen and oxygen atoms in total. The molecule has 1 aliphatic heterocycles. The predicted molar refractivity (Wildman–Crippen MR) is 108 cm³/mol. The second-order valence-corrected chi connectivity index (χ2v) is 6.70. The van der Waals surface area contributed by atoms with E-state index in [2.05, 4.69) is 21.2 Å². The third-order valence-electron chi connectivity index (χ3n) is 4.80. The summed E-state index contributed by atoms with van der Waals surface area (Å²) in [4.78, 5) is 22.7. The number of rotatable bonds is 4. The summed E-state index contributed by atoms with van der Waals surface area (Å²) in [5.41, 5.74) is 2.26. The number of morpholine rings is 1. The van der Waals surface area contributed by atoms with E-state index in [1.807, 2.05) is 24.3 Å². The Labute approximate surface area is 167 Å². The van der Waals surface area contributed by atoms with E-state index in [-0.39, 0.29) is 12.3 Å². The molecule has 1 aliphatic rings. The topological polar surface area (TPSA) is 67.4 Å². The number of anilines is 2. The lowest BCUT2D eigenvalue weighted by Gasteiger charge is -2.27. The average Bonchev–Trinajstić information content (AvgIpc) is 2.75. The van der Waals surface area contributed by atoms with Gasteiger partial charge in [-0.2, -0.15) is 0 Å². The second kappa shape index (κ2) is 8.25. The van der Waals surface area contributed by atoms with E-state index in [1.165, 1.54) is 12.4 Å². The molecule has 3 aromatic rings. The van der Waals surface area contributed by atoms with Crippen molar-refractivity contribution in [1.82, 2.24) is 14.9 Å². The van der Waals surface area contributed by atoms with E-state index < -0.39 is 5.82 Å². The van der Waals surface area contributed by atoms with Crippen molar-refractivity contribution in [2.75, 3.05) is 31.6 Å². The van der Waals surface area contributed by atoms with Crippen LogP contribution < -0.4 is 5.32 Å². The van der Waals surface area contributed by atoms with Crippen LogP contribution in [-0.4, -0.2) is 47.1 Å². The largest absolute Gasteiger partial charge is 0.378 e. The van der Waals surface area contributed by atoms with Crippen molar-refractivity contribution >= 4 is 28.3 Å². The Morgan fingerprint density at radius 2 is 2.07 bits per heavy atom. The Bertz CT molecular complexity index is 1100. The molecule has 0 aliphatic carbocycles. The number of amides is 1.